The Hall–Kier alpha value is -7.96. The van der Waals surface area contributed by atoms with Gasteiger partial charge in [-0.15, -0.1) is 0 Å². The van der Waals surface area contributed by atoms with Crippen molar-refractivity contribution in [2.75, 3.05) is 0 Å². The first-order chi connectivity index (χ1) is 28.8. The van der Waals surface area contributed by atoms with E-state index in [9.17, 15) is 0 Å². The molecule has 0 amide bonds. The van der Waals surface area contributed by atoms with Crippen molar-refractivity contribution in [1.82, 2.24) is 28.2 Å². The molecule has 0 spiro atoms. The molecular formula is C52H32N6. The van der Waals surface area contributed by atoms with Gasteiger partial charge in [-0.25, -0.2) is 0 Å². The highest BCUT2D eigenvalue weighted by Crippen LogP contribution is 2.44. The first kappa shape index (κ1) is 31.3. The van der Waals surface area contributed by atoms with Crippen LogP contribution in [0, 0.1) is 0 Å². The number of nitrogens with zero attached hydrogens (tertiary/aromatic N) is 6. The molecule has 0 unspecified atom stereocenters. The molecule has 7 aromatic carbocycles. The highest BCUT2D eigenvalue weighted by atomic mass is 15.2. The average Bonchev–Trinajstić information content (AvgIpc) is 4.01. The van der Waals surface area contributed by atoms with Gasteiger partial charge in [-0.05, 0) is 72.8 Å². The molecule has 6 aromatic heterocycles. The molecule has 0 radical (unpaired) electrons. The summed E-state index contributed by atoms with van der Waals surface area (Å²) in [5.74, 6) is 0. The number of hydrogen-bond acceptors (Lipinski definition) is 2. The SMILES string of the molecule is c1ccc(-n2c3ccccc3c3c4ccccc4n(-c4ccnc5c4ccc4c(-n6c7ccccc7c7c8ccccc8n(-c8ccccc8)c76)ccnc45)c32)cc1. The van der Waals surface area contributed by atoms with Gasteiger partial charge in [0.05, 0.1) is 44.5 Å². The maximum atomic E-state index is 5.11. The van der Waals surface area contributed by atoms with Crippen LogP contribution >= 0.6 is 0 Å². The molecule has 0 aliphatic rings. The number of fused-ring (bicyclic) bond motifs is 13. The van der Waals surface area contributed by atoms with Crippen LogP contribution in [0.15, 0.2) is 194 Å². The van der Waals surface area contributed by atoms with E-state index < -0.39 is 0 Å². The van der Waals surface area contributed by atoms with Crippen LogP contribution < -0.4 is 0 Å². The van der Waals surface area contributed by atoms with Gasteiger partial charge in [0, 0.05) is 66.9 Å². The molecule has 6 heteroatoms. The van der Waals surface area contributed by atoms with E-state index >= 15 is 0 Å². The second kappa shape index (κ2) is 11.8. The molecule has 13 aromatic rings. The van der Waals surface area contributed by atoms with E-state index in [1.165, 1.54) is 43.4 Å². The molecule has 0 bridgehead atoms. The van der Waals surface area contributed by atoms with Crippen LogP contribution in [0.1, 0.15) is 0 Å². The fraction of sp³-hybridized carbons (Fsp3) is 0. The molecular weight excluding hydrogens is 709 g/mol. The van der Waals surface area contributed by atoms with Gasteiger partial charge in [0.2, 0.25) is 0 Å². The predicted molar refractivity (Wildman–Crippen MR) is 239 cm³/mol. The molecule has 0 fully saturated rings. The normalized spacial score (nSPS) is 12.1. The number of hydrogen-bond donors (Lipinski definition) is 0. The zero-order valence-corrected chi connectivity index (χ0v) is 31.2. The summed E-state index contributed by atoms with van der Waals surface area (Å²) in [6, 6.07) is 65.2. The Kier molecular flexibility index (Phi) is 6.35. The number of rotatable bonds is 4. The predicted octanol–water partition coefficient (Wildman–Crippen LogP) is 12.9. The largest absolute Gasteiger partial charge is 0.295 e. The molecule has 0 aliphatic heterocycles. The third-order valence-corrected chi connectivity index (χ3v) is 12.0. The first-order valence-electron chi connectivity index (χ1n) is 19.7. The monoisotopic (exact) mass is 740 g/mol. The molecule has 0 saturated heterocycles. The quantitative estimate of drug-likeness (QED) is 0.169. The van der Waals surface area contributed by atoms with Crippen molar-refractivity contribution in [3.05, 3.63) is 194 Å². The van der Waals surface area contributed by atoms with Gasteiger partial charge in [-0.3, -0.25) is 28.2 Å². The van der Waals surface area contributed by atoms with Crippen LogP contribution in [0.3, 0.4) is 0 Å². The average molecular weight is 741 g/mol. The Morgan fingerprint density at radius 1 is 0.276 bits per heavy atom. The number of pyridine rings is 2. The Balaban J connectivity index is 1.14. The number of benzene rings is 7. The molecule has 58 heavy (non-hydrogen) atoms. The summed E-state index contributed by atoms with van der Waals surface area (Å²) in [5, 5.41) is 9.42. The van der Waals surface area contributed by atoms with Crippen molar-refractivity contribution >= 4 is 87.5 Å². The van der Waals surface area contributed by atoms with Crippen molar-refractivity contribution in [3.63, 3.8) is 0 Å². The van der Waals surface area contributed by atoms with Crippen molar-refractivity contribution in [1.29, 1.82) is 0 Å². The maximum Gasteiger partial charge on any atom is 0.131 e. The summed E-state index contributed by atoms with van der Waals surface area (Å²) < 4.78 is 9.67. The van der Waals surface area contributed by atoms with Crippen LogP contribution in [0.5, 0.6) is 0 Å². The molecule has 0 atom stereocenters. The van der Waals surface area contributed by atoms with Crippen molar-refractivity contribution < 1.29 is 0 Å². The van der Waals surface area contributed by atoms with E-state index in [-0.39, 0.29) is 0 Å². The van der Waals surface area contributed by atoms with Gasteiger partial charge in [0.15, 0.2) is 0 Å². The van der Waals surface area contributed by atoms with Crippen molar-refractivity contribution in [2.45, 2.75) is 0 Å². The van der Waals surface area contributed by atoms with E-state index in [1.54, 1.807) is 0 Å². The topological polar surface area (TPSA) is 45.5 Å². The Morgan fingerprint density at radius 3 is 0.983 bits per heavy atom. The summed E-state index contributed by atoms with van der Waals surface area (Å²) in [6.45, 7) is 0. The Labute approximate surface area is 331 Å². The zero-order valence-electron chi connectivity index (χ0n) is 31.2. The second-order valence-corrected chi connectivity index (χ2v) is 15.0. The van der Waals surface area contributed by atoms with Crippen LogP contribution in [0.2, 0.25) is 0 Å². The van der Waals surface area contributed by atoms with Crippen molar-refractivity contribution in [2.24, 2.45) is 0 Å². The molecule has 0 N–H and O–H groups in total. The standard InChI is InChI=1S/C52H32N6/c1-3-15-33(16-4-1)55-41-23-11-7-19-35(41)47-37-21-9-13-25-43(37)57(51(47)55)45-29-31-53-49-39(45)27-28-40-46(30-32-54-50(40)49)58-44-26-14-10-22-38(44)48-36-20-8-12-24-42(36)56(52(48)58)34-17-5-2-6-18-34/h1-32H. The van der Waals surface area contributed by atoms with Crippen LogP contribution in [0.25, 0.3) is 110 Å². The van der Waals surface area contributed by atoms with Gasteiger partial charge in [0.25, 0.3) is 0 Å². The number of para-hydroxylation sites is 6. The van der Waals surface area contributed by atoms with Gasteiger partial charge in [-0.2, -0.15) is 0 Å². The second-order valence-electron chi connectivity index (χ2n) is 15.0. The van der Waals surface area contributed by atoms with E-state index in [4.69, 9.17) is 9.97 Å². The molecule has 270 valence electrons. The molecule has 0 aliphatic carbocycles. The minimum Gasteiger partial charge on any atom is -0.295 e. The molecule has 0 saturated carbocycles. The number of aromatic nitrogens is 6. The highest BCUT2D eigenvalue weighted by molar-refractivity contribution is 6.24. The third kappa shape index (κ3) is 4.10. The summed E-state index contributed by atoms with van der Waals surface area (Å²) in [5.41, 5.74) is 13.0. The lowest BCUT2D eigenvalue weighted by atomic mass is 10.1. The Bertz CT molecular complexity index is 3540. The van der Waals surface area contributed by atoms with Crippen molar-refractivity contribution in [3.8, 4) is 22.7 Å². The van der Waals surface area contributed by atoms with E-state index in [2.05, 4.69) is 200 Å². The lowest BCUT2D eigenvalue weighted by Crippen LogP contribution is -2.04. The summed E-state index contributed by atoms with van der Waals surface area (Å²) >= 11 is 0. The van der Waals surface area contributed by atoms with Crippen LogP contribution in [-0.4, -0.2) is 28.2 Å². The molecule has 6 heterocycles. The van der Waals surface area contributed by atoms with Crippen LogP contribution in [0.4, 0.5) is 0 Å². The summed E-state index contributed by atoms with van der Waals surface area (Å²) in [4.78, 5) is 10.2. The van der Waals surface area contributed by atoms with Gasteiger partial charge < -0.3 is 0 Å². The first-order valence-corrected chi connectivity index (χ1v) is 19.7. The summed E-state index contributed by atoms with van der Waals surface area (Å²) in [6.07, 6.45) is 3.89. The molecule has 13 rings (SSSR count). The van der Waals surface area contributed by atoms with Gasteiger partial charge in [-0.1, -0.05) is 109 Å². The Morgan fingerprint density at radius 2 is 0.603 bits per heavy atom. The van der Waals surface area contributed by atoms with E-state index in [1.807, 2.05) is 12.4 Å². The molecule has 6 nitrogen and oxygen atoms in total. The lowest BCUT2D eigenvalue weighted by Gasteiger charge is -2.17. The van der Waals surface area contributed by atoms with E-state index in [0.29, 0.717) is 0 Å². The zero-order chi connectivity index (χ0) is 37.9. The fourth-order valence-electron chi connectivity index (χ4n) is 9.75. The fourth-order valence-corrected chi connectivity index (χ4v) is 9.75. The third-order valence-electron chi connectivity index (χ3n) is 12.0. The van der Waals surface area contributed by atoms with Crippen LogP contribution in [-0.2, 0) is 0 Å². The summed E-state index contributed by atoms with van der Waals surface area (Å²) in [7, 11) is 0. The van der Waals surface area contributed by atoms with Gasteiger partial charge >= 0.3 is 0 Å². The smallest absolute Gasteiger partial charge is 0.131 e. The minimum atomic E-state index is 0.862. The van der Waals surface area contributed by atoms with E-state index in [0.717, 1.165) is 66.9 Å². The maximum absolute atomic E-state index is 5.11. The highest BCUT2D eigenvalue weighted by Gasteiger charge is 2.25. The lowest BCUT2D eigenvalue weighted by molar-refractivity contribution is 1.07. The minimum absolute atomic E-state index is 0.862. The van der Waals surface area contributed by atoms with Gasteiger partial charge in [0.1, 0.15) is 11.3 Å².